The average molecular weight is 273 g/mol. The van der Waals surface area contributed by atoms with Crippen LogP contribution in [0.4, 0.5) is 0 Å². The van der Waals surface area contributed by atoms with Crippen molar-refractivity contribution >= 4 is 21.5 Å². The molecule has 0 aliphatic rings. The van der Waals surface area contributed by atoms with E-state index in [1.165, 1.54) is 12.1 Å². The molecule has 102 valence electrons. The molecule has 3 aromatic rings. The van der Waals surface area contributed by atoms with Crippen LogP contribution in [0.5, 0.6) is 0 Å². The predicted octanol–water partition coefficient (Wildman–Crippen LogP) is -1.34. The van der Waals surface area contributed by atoms with Crippen LogP contribution in [-0.2, 0) is 6.54 Å². The number of likely N-dealkylation sites (N-methyl/N-ethyl adjacent to an activating group) is 1. The molecule has 0 atom stereocenters. The minimum absolute atomic E-state index is 0.144. The summed E-state index contributed by atoms with van der Waals surface area (Å²) in [7, 11) is 1.72. The van der Waals surface area contributed by atoms with Crippen molar-refractivity contribution < 1.29 is 0 Å². The molecule has 0 unspecified atom stereocenters. The van der Waals surface area contributed by atoms with Gasteiger partial charge in [0, 0.05) is 13.1 Å². The lowest BCUT2D eigenvalue weighted by Crippen LogP contribution is -2.29. The molecule has 0 saturated carbocycles. The molecule has 2 N–H and O–H groups in total. The molecule has 0 aliphatic heterocycles. The highest BCUT2D eigenvalue weighted by Gasteiger charge is 2.16. The lowest BCUT2D eigenvalue weighted by molar-refractivity contribution is 0.622. The Hall–Kier alpha value is -2.54. The predicted molar refractivity (Wildman–Crippen MR) is 75.2 cm³/mol. The van der Waals surface area contributed by atoms with Gasteiger partial charge in [-0.15, -0.1) is 0 Å². The second kappa shape index (κ2) is 4.24. The second-order valence-electron chi connectivity index (χ2n) is 4.59. The van der Waals surface area contributed by atoms with E-state index in [9.17, 15) is 19.2 Å². The third kappa shape index (κ3) is 1.56. The van der Waals surface area contributed by atoms with Crippen molar-refractivity contribution in [2.24, 2.45) is 0 Å². The van der Waals surface area contributed by atoms with E-state index in [1.54, 1.807) is 7.05 Å². The largest absolute Gasteiger partial charge is 0.318 e. The summed E-state index contributed by atoms with van der Waals surface area (Å²) < 4.78 is 1.11. The molecule has 0 aliphatic carbocycles. The monoisotopic (exact) mass is 273 g/mol. The molecular formula is C13H11N3O4. The fraction of sp³-hybridized carbons (Fsp3) is 0.231. The molecule has 2 heterocycles. The van der Waals surface area contributed by atoms with Crippen LogP contribution in [0.3, 0.4) is 0 Å². The minimum Gasteiger partial charge on any atom is -0.318 e. The fourth-order valence-corrected chi connectivity index (χ4v) is 2.38. The maximum absolute atomic E-state index is 12.2. The molecule has 0 fully saturated rings. The van der Waals surface area contributed by atoms with E-state index in [4.69, 9.17) is 0 Å². The number of H-pyrrole nitrogens is 1. The standard InChI is InChI=1S/C13H11N3O4/c1-14-2-3-16-12(19)8-4-6-7(5-9(8)13(16)20)11(18)15-10(6)17/h4-5,14H,2-3H2,1H3,(H,15,17,18). The van der Waals surface area contributed by atoms with Crippen LogP contribution in [0.25, 0.3) is 21.5 Å². The van der Waals surface area contributed by atoms with Crippen LogP contribution in [0.2, 0.25) is 0 Å². The molecule has 7 heteroatoms. The van der Waals surface area contributed by atoms with Crippen molar-refractivity contribution in [3.05, 3.63) is 53.5 Å². The highest BCUT2D eigenvalue weighted by Crippen LogP contribution is 2.13. The van der Waals surface area contributed by atoms with Crippen LogP contribution in [0.1, 0.15) is 0 Å². The number of nitrogens with one attached hydrogen (secondary N) is 2. The summed E-state index contributed by atoms with van der Waals surface area (Å²) in [5.41, 5.74) is -1.95. The van der Waals surface area contributed by atoms with Gasteiger partial charge in [-0.25, -0.2) is 0 Å². The Morgan fingerprint density at radius 1 is 0.950 bits per heavy atom. The summed E-state index contributed by atoms with van der Waals surface area (Å²) in [6.45, 7) is 0.720. The summed E-state index contributed by atoms with van der Waals surface area (Å²) in [6.07, 6.45) is 0. The van der Waals surface area contributed by atoms with E-state index < -0.39 is 22.2 Å². The Morgan fingerprint density at radius 3 is 1.90 bits per heavy atom. The maximum Gasteiger partial charge on any atom is 0.261 e. The van der Waals surface area contributed by atoms with Crippen molar-refractivity contribution in [3.63, 3.8) is 0 Å². The van der Waals surface area contributed by atoms with Gasteiger partial charge in [-0.05, 0) is 19.2 Å². The van der Waals surface area contributed by atoms with E-state index in [2.05, 4.69) is 10.3 Å². The minimum atomic E-state index is -0.540. The van der Waals surface area contributed by atoms with Gasteiger partial charge in [-0.1, -0.05) is 0 Å². The first-order chi connectivity index (χ1) is 9.54. The van der Waals surface area contributed by atoms with Crippen LogP contribution >= 0.6 is 0 Å². The molecule has 20 heavy (non-hydrogen) atoms. The smallest absolute Gasteiger partial charge is 0.261 e. The average Bonchev–Trinajstić information content (AvgIpc) is 2.83. The zero-order valence-electron chi connectivity index (χ0n) is 10.6. The van der Waals surface area contributed by atoms with Crippen LogP contribution in [0, 0.1) is 0 Å². The van der Waals surface area contributed by atoms with Crippen LogP contribution < -0.4 is 27.6 Å². The number of hydrogen-bond donors (Lipinski definition) is 2. The molecule has 0 saturated heterocycles. The van der Waals surface area contributed by atoms with Gasteiger partial charge in [0.25, 0.3) is 22.2 Å². The summed E-state index contributed by atoms with van der Waals surface area (Å²) in [4.78, 5) is 49.6. The Balaban J connectivity index is 2.44. The van der Waals surface area contributed by atoms with Crippen molar-refractivity contribution in [2.75, 3.05) is 13.6 Å². The van der Waals surface area contributed by atoms with Crippen molar-refractivity contribution in [2.45, 2.75) is 6.54 Å². The molecule has 7 nitrogen and oxygen atoms in total. The van der Waals surface area contributed by atoms with E-state index in [0.29, 0.717) is 6.54 Å². The summed E-state index contributed by atoms with van der Waals surface area (Å²) in [6, 6.07) is 2.65. The first-order valence-electron chi connectivity index (χ1n) is 6.09. The first kappa shape index (κ1) is 12.5. The van der Waals surface area contributed by atoms with Crippen molar-refractivity contribution in [1.82, 2.24) is 14.9 Å². The zero-order chi connectivity index (χ0) is 14.4. The van der Waals surface area contributed by atoms with Crippen LogP contribution in [-0.4, -0.2) is 23.1 Å². The van der Waals surface area contributed by atoms with Gasteiger partial charge < -0.3 is 5.32 Å². The highest BCUT2D eigenvalue weighted by atomic mass is 16.2. The van der Waals surface area contributed by atoms with Gasteiger partial charge in [0.2, 0.25) is 0 Å². The van der Waals surface area contributed by atoms with Gasteiger partial charge in [0.15, 0.2) is 0 Å². The first-order valence-corrected chi connectivity index (χ1v) is 6.09. The third-order valence-corrected chi connectivity index (χ3v) is 3.41. The van der Waals surface area contributed by atoms with Crippen LogP contribution in [0.15, 0.2) is 31.3 Å². The number of fused-ring (bicyclic) bond motifs is 2. The van der Waals surface area contributed by atoms with Crippen molar-refractivity contribution in [3.8, 4) is 0 Å². The van der Waals surface area contributed by atoms with Gasteiger partial charge in [-0.3, -0.25) is 28.7 Å². The lowest BCUT2D eigenvalue weighted by atomic mass is 10.1. The summed E-state index contributed by atoms with van der Waals surface area (Å²) in [5, 5.41) is 3.50. The molecule has 0 amide bonds. The number of rotatable bonds is 3. The number of benzene rings is 1. The Bertz CT molecular complexity index is 942. The second-order valence-corrected chi connectivity index (χ2v) is 4.59. The maximum atomic E-state index is 12.2. The number of aromatic amines is 1. The van der Waals surface area contributed by atoms with E-state index in [1.807, 2.05) is 0 Å². The molecule has 0 bridgehead atoms. The molecule has 0 spiro atoms. The van der Waals surface area contributed by atoms with E-state index >= 15 is 0 Å². The quantitative estimate of drug-likeness (QED) is 0.615. The normalized spacial score (nSPS) is 11.7. The number of hydrogen-bond acceptors (Lipinski definition) is 5. The molecular weight excluding hydrogens is 262 g/mol. The van der Waals surface area contributed by atoms with Gasteiger partial charge >= 0.3 is 0 Å². The van der Waals surface area contributed by atoms with Gasteiger partial charge in [0.05, 0.1) is 21.5 Å². The molecule has 0 radical (unpaired) electrons. The molecule has 1 aromatic carbocycles. The Labute approximate surface area is 111 Å². The van der Waals surface area contributed by atoms with E-state index in [0.717, 1.165) is 4.57 Å². The third-order valence-electron chi connectivity index (χ3n) is 3.41. The SMILES string of the molecule is CNCCn1c(=O)c2cc3c(=O)[nH]c(=O)c3cc2c1=O. The van der Waals surface area contributed by atoms with Gasteiger partial charge in [0.1, 0.15) is 0 Å². The zero-order valence-corrected chi connectivity index (χ0v) is 10.6. The Morgan fingerprint density at radius 2 is 1.45 bits per heavy atom. The highest BCUT2D eigenvalue weighted by molar-refractivity contribution is 5.97. The number of aromatic nitrogens is 2. The fourth-order valence-electron chi connectivity index (χ4n) is 2.38. The van der Waals surface area contributed by atoms with Crippen molar-refractivity contribution in [1.29, 1.82) is 0 Å². The van der Waals surface area contributed by atoms with Gasteiger partial charge in [-0.2, -0.15) is 0 Å². The summed E-state index contributed by atoms with van der Waals surface area (Å²) in [5.74, 6) is 0. The topological polar surface area (TPSA) is 101 Å². The molecule has 2 aromatic heterocycles. The molecule has 3 rings (SSSR count). The lowest BCUT2D eigenvalue weighted by Gasteiger charge is -1.97. The Kier molecular flexibility index (Phi) is 2.65. The number of nitrogens with zero attached hydrogens (tertiary/aromatic N) is 1. The summed E-state index contributed by atoms with van der Waals surface area (Å²) >= 11 is 0. The van der Waals surface area contributed by atoms with E-state index in [-0.39, 0.29) is 28.1 Å².